The Kier molecular flexibility index (Phi) is 9.71. The fourth-order valence-electron chi connectivity index (χ4n) is 8.59. The van der Waals surface area contributed by atoms with Crippen LogP contribution in [0.2, 0.25) is 5.02 Å². The molecule has 1 saturated carbocycles. The van der Waals surface area contributed by atoms with Crippen molar-refractivity contribution in [2.45, 2.75) is 68.2 Å². The quantitative estimate of drug-likeness (QED) is 0.281. The van der Waals surface area contributed by atoms with Gasteiger partial charge < -0.3 is 20.1 Å². The van der Waals surface area contributed by atoms with Gasteiger partial charge in [-0.25, -0.2) is 13.1 Å². The molecular formula is C40H46ClN3O6S. The second-order valence-electron chi connectivity index (χ2n) is 15.1. The fourth-order valence-corrected chi connectivity index (χ4v) is 9.87. The van der Waals surface area contributed by atoms with Crippen LogP contribution in [0.3, 0.4) is 0 Å². The molecule has 1 fully saturated rings. The fraction of sp³-hybridized carbons (Fsp3) is 0.450. The Morgan fingerprint density at radius 3 is 2.65 bits per heavy atom. The minimum Gasteiger partial charge on any atom is -0.490 e. The van der Waals surface area contributed by atoms with E-state index < -0.39 is 27.4 Å². The molecule has 1 spiro atoms. The number of carbonyl (C=O) groups excluding carboxylic acids is 2. The second kappa shape index (κ2) is 13.9. The zero-order valence-corrected chi connectivity index (χ0v) is 30.7. The van der Waals surface area contributed by atoms with Crippen LogP contribution in [-0.4, -0.2) is 57.2 Å². The van der Waals surface area contributed by atoms with Crippen molar-refractivity contribution in [1.82, 2.24) is 10.0 Å². The maximum atomic E-state index is 13.7. The first-order valence-corrected chi connectivity index (χ1v) is 19.8. The van der Waals surface area contributed by atoms with Crippen molar-refractivity contribution < 1.29 is 27.9 Å². The molecule has 0 aromatic heterocycles. The summed E-state index contributed by atoms with van der Waals surface area (Å²) in [6.07, 6.45) is 8.70. The third-order valence-electron chi connectivity index (χ3n) is 11.9. The van der Waals surface area contributed by atoms with Crippen LogP contribution in [-0.2, 0) is 26.7 Å². The van der Waals surface area contributed by atoms with E-state index >= 15 is 0 Å². The van der Waals surface area contributed by atoms with Gasteiger partial charge in [0.1, 0.15) is 5.75 Å². The average Bonchev–Trinajstić information content (AvgIpc) is 3.26. The smallest absolute Gasteiger partial charge is 0.264 e. The molecule has 3 aromatic rings. The van der Waals surface area contributed by atoms with Crippen LogP contribution >= 0.6 is 11.6 Å². The lowest BCUT2D eigenvalue weighted by molar-refractivity contribution is -0.124. The number of hydrogen-bond donors (Lipinski definition) is 3. The van der Waals surface area contributed by atoms with Crippen LogP contribution in [0.5, 0.6) is 5.75 Å². The number of sulfonamides is 1. The predicted octanol–water partition coefficient (Wildman–Crippen LogP) is 6.04. The topological polar surface area (TPSA) is 125 Å². The summed E-state index contributed by atoms with van der Waals surface area (Å²) in [5.74, 6) is -1.19. The molecule has 11 heteroatoms. The highest BCUT2D eigenvalue weighted by molar-refractivity contribution is 7.90. The van der Waals surface area contributed by atoms with E-state index in [4.69, 9.17) is 16.3 Å². The summed E-state index contributed by atoms with van der Waals surface area (Å²) in [4.78, 5) is 29.3. The number of benzene rings is 3. The van der Waals surface area contributed by atoms with Gasteiger partial charge in [-0.3, -0.25) is 9.59 Å². The number of rotatable bonds is 3. The number of carbonyl (C=O) groups is 2. The van der Waals surface area contributed by atoms with Crippen LogP contribution < -0.4 is 19.7 Å². The summed E-state index contributed by atoms with van der Waals surface area (Å²) in [5.41, 5.74) is 2.09. The van der Waals surface area contributed by atoms with Crippen molar-refractivity contribution in [3.63, 3.8) is 0 Å². The van der Waals surface area contributed by atoms with Gasteiger partial charge in [0.2, 0.25) is 5.91 Å². The summed E-state index contributed by atoms with van der Waals surface area (Å²) in [5, 5.41) is 15.1. The number of ether oxygens (including phenoxy) is 1. The first kappa shape index (κ1) is 35.5. The monoisotopic (exact) mass is 731 g/mol. The molecule has 0 saturated heterocycles. The van der Waals surface area contributed by atoms with Gasteiger partial charge >= 0.3 is 0 Å². The number of amides is 2. The number of allylic oxidation sites excluding steroid dienone is 1. The van der Waals surface area contributed by atoms with Crippen LogP contribution in [0.25, 0.3) is 0 Å². The Hall–Kier alpha value is -3.86. The highest BCUT2D eigenvalue weighted by Gasteiger charge is 2.49. The number of nitrogens with one attached hydrogen (secondary N) is 2. The first-order valence-electron chi connectivity index (χ1n) is 18.0. The SMILES string of the molecule is C[C@H]1C/C=C/[C@@](CO)(NC(=O)c2ccccc2)[C@@H]2CC[C@H]2CN2C[C@@]3(CCCc4cc(Cl)ccc43)COc3ccc(cc32)S(=O)(=O)NC(=O)[C@@H]1C. The van der Waals surface area contributed by atoms with E-state index in [1.54, 1.807) is 31.2 Å². The molecular weight excluding hydrogens is 686 g/mol. The third-order valence-corrected chi connectivity index (χ3v) is 13.5. The zero-order chi connectivity index (χ0) is 36.0. The van der Waals surface area contributed by atoms with Crippen molar-refractivity contribution >= 4 is 39.1 Å². The lowest BCUT2D eigenvalue weighted by atomic mass is 9.62. The van der Waals surface area contributed by atoms with Crippen molar-refractivity contribution in [2.75, 3.05) is 31.2 Å². The number of aliphatic hydroxyl groups excluding tert-OH is 1. The van der Waals surface area contributed by atoms with Gasteiger partial charge in [-0.2, -0.15) is 0 Å². The van der Waals surface area contributed by atoms with Gasteiger partial charge in [-0.15, -0.1) is 0 Å². The summed E-state index contributed by atoms with van der Waals surface area (Å²) >= 11 is 6.45. The highest BCUT2D eigenvalue weighted by atomic mass is 35.5. The number of aryl methyl sites for hydroxylation is 1. The van der Waals surface area contributed by atoms with Gasteiger partial charge in [0, 0.05) is 35.0 Å². The molecule has 2 aliphatic carbocycles. The maximum absolute atomic E-state index is 13.7. The molecule has 2 aliphatic heterocycles. The van der Waals surface area contributed by atoms with Crippen LogP contribution in [0.4, 0.5) is 5.69 Å². The number of nitrogens with zero attached hydrogens (tertiary/aromatic N) is 1. The molecule has 2 bridgehead atoms. The molecule has 7 rings (SSSR count). The van der Waals surface area contributed by atoms with E-state index in [-0.39, 0.29) is 40.6 Å². The van der Waals surface area contributed by atoms with Crippen molar-refractivity contribution in [3.8, 4) is 5.75 Å². The Morgan fingerprint density at radius 1 is 1.10 bits per heavy atom. The van der Waals surface area contributed by atoms with Gasteiger partial charge in [0.15, 0.2) is 0 Å². The number of anilines is 1. The minimum atomic E-state index is -4.18. The molecule has 6 atom stereocenters. The lowest BCUT2D eigenvalue weighted by Crippen LogP contribution is -2.61. The van der Waals surface area contributed by atoms with E-state index in [0.29, 0.717) is 48.1 Å². The van der Waals surface area contributed by atoms with E-state index in [1.165, 1.54) is 17.2 Å². The predicted molar refractivity (Wildman–Crippen MR) is 198 cm³/mol. The first-order chi connectivity index (χ1) is 24.4. The summed E-state index contributed by atoms with van der Waals surface area (Å²) in [6.45, 7) is 4.84. The standard InChI is InChI=1S/C40H46ClN3O6S/c1-26-8-6-19-40(24-45,42-38(47)28-9-4-3-5-10-28)34-15-12-30(34)22-44-23-39(18-7-11-29-20-31(41)13-16-33(29)39)25-50-36-17-14-32(21-35(36)44)51(48,49)43-37(46)27(26)2/h3-6,9-10,13-14,16-17,19-21,26-27,30,34,45H,7-8,11-12,15,18,22-25H2,1-2H3,(H,42,47)(H,43,46)/b19-6+/t26-,27+,30-,34+,39-,40-/m0/s1. The average molecular weight is 732 g/mol. The second-order valence-corrected chi connectivity index (χ2v) is 17.2. The molecule has 4 aliphatic rings. The van der Waals surface area contributed by atoms with Crippen molar-refractivity contribution in [1.29, 1.82) is 0 Å². The molecule has 2 heterocycles. The van der Waals surface area contributed by atoms with E-state index in [9.17, 15) is 23.1 Å². The van der Waals surface area contributed by atoms with Crippen LogP contribution in [0, 0.1) is 23.7 Å². The van der Waals surface area contributed by atoms with Gasteiger partial charge in [0.25, 0.3) is 15.9 Å². The number of fused-ring (bicyclic) bond motifs is 4. The molecule has 0 unspecified atom stereocenters. The minimum absolute atomic E-state index is 0.00759. The molecule has 3 aromatic carbocycles. The van der Waals surface area contributed by atoms with Crippen LogP contribution in [0.15, 0.2) is 83.8 Å². The van der Waals surface area contributed by atoms with Gasteiger partial charge in [0.05, 0.1) is 29.3 Å². The van der Waals surface area contributed by atoms with Crippen LogP contribution in [0.1, 0.15) is 67.4 Å². The number of aliphatic hydroxyl groups is 1. The molecule has 9 nitrogen and oxygen atoms in total. The Bertz CT molecular complexity index is 1950. The molecule has 2 amide bonds. The lowest BCUT2D eigenvalue weighted by Gasteiger charge is -2.51. The third kappa shape index (κ3) is 6.78. The zero-order valence-electron chi connectivity index (χ0n) is 29.1. The Morgan fingerprint density at radius 2 is 1.90 bits per heavy atom. The largest absolute Gasteiger partial charge is 0.490 e. The number of hydrogen-bond acceptors (Lipinski definition) is 7. The van der Waals surface area contributed by atoms with E-state index in [1.807, 2.05) is 49.4 Å². The normalized spacial score (nSPS) is 30.7. The molecule has 51 heavy (non-hydrogen) atoms. The van der Waals surface area contributed by atoms with Gasteiger partial charge in [-0.1, -0.05) is 61.9 Å². The highest BCUT2D eigenvalue weighted by Crippen LogP contribution is 2.48. The molecule has 0 radical (unpaired) electrons. The van der Waals surface area contributed by atoms with Crippen molar-refractivity contribution in [3.05, 3.63) is 101 Å². The molecule has 3 N–H and O–H groups in total. The summed E-state index contributed by atoms with van der Waals surface area (Å²) < 4.78 is 36.3. The Balaban J connectivity index is 1.33. The van der Waals surface area contributed by atoms with Crippen molar-refractivity contribution in [2.24, 2.45) is 23.7 Å². The van der Waals surface area contributed by atoms with E-state index in [0.717, 1.165) is 32.1 Å². The summed E-state index contributed by atoms with van der Waals surface area (Å²) in [7, 11) is -4.18. The Labute approximate surface area is 305 Å². The maximum Gasteiger partial charge on any atom is 0.264 e. The number of halogens is 1. The van der Waals surface area contributed by atoms with Gasteiger partial charge in [-0.05, 0) is 110 Å². The van der Waals surface area contributed by atoms with E-state index in [2.05, 4.69) is 21.0 Å². The molecule has 270 valence electrons. The summed E-state index contributed by atoms with van der Waals surface area (Å²) in [6, 6.07) is 19.9.